The minimum Gasteiger partial charge on any atom is -0.468 e. The summed E-state index contributed by atoms with van der Waals surface area (Å²) in [6.45, 7) is 0. The van der Waals surface area contributed by atoms with E-state index in [9.17, 15) is 33.6 Å². The van der Waals surface area contributed by atoms with Crippen LogP contribution in [0.1, 0.15) is 54.3 Å². The monoisotopic (exact) mass is 590 g/mol. The number of benzene rings is 2. The zero-order valence-corrected chi connectivity index (χ0v) is 22.2. The molecule has 4 aliphatic carbocycles. The van der Waals surface area contributed by atoms with Gasteiger partial charge in [0.1, 0.15) is 5.41 Å². The van der Waals surface area contributed by atoms with Crippen LogP contribution in [-0.4, -0.2) is 55.1 Å². The maximum absolute atomic E-state index is 14.5. The fraction of sp³-hybridized carbons (Fsp3) is 0.276. The van der Waals surface area contributed by atoms with E-state index in [4.69, 9.17) is 9.47 Å². The molecule has 2 saturated carbocycles. The van der Waals surface area contributed by atoms with Crippen LogP contribution in [0.5, 0.6) is 0 Å². The number of carbonyl (C=O) groups excluding carboxylic acids is 7. The average molecular weight is 591 g/mol. The van der Waals surface area contributed by atoms with Gasteiger partial charge >= 0.3 is 11.9 Å². The minimum atomic E-state index is -2.27. The van der Waals surface area contributed by atoms with Crippen LogP contribution in [0.2, 0.25) is 0 Å². The molecule has 0 heterocycles. The Morgan fingerprint density at radius 2 is 1.36 bits per heavy atom. The van der Waals surface area contributed by atoms with Gasteiger partial charge < -0.3 is 9.47 Å². The number of rotatable bonds is 4. The van der Waals surface area contributed by atoms with Gasteiger partial charge in [0, 0.05) is 34.2 Å². The molecule has 4 atom stereocenters. The third-order valence-electron chi connectivity index (χ3n) is 8.74. The zero-order valence-electron chi connectivity index (χ0n) is 20.7. The normalized spacial score (nSPS) is 30.3. The Hall–Kier alpha value is -4.05. The zero-order chi connectivity index (χ0) is 28.1. The van der Waals surface area contributed by atoms with Crippen molar-refractivity contribution >= 4 is 56.8 Å². The van der Waals surface area contributed by atoms with Gasteiger partial charge in [-0.3, -0.25) is 33.6 Å². The van der Waals surface area contributed by atoms with E-state index in [1.165, 1.54) is 24.3 Å². The van der Waals surface area contributed by atoms with E-state index in [0.717, 1.165) is 14.2 Å². The summed E-state index contributed by atoms with van der Waals surface area (Å²) in [6.07, 6.45) is -1.18. The van der Waals surface area contributed by atoms with Crippen LogP contribution in [0.4, 0.5) is 0 Å². The van der Waals surface area contributed by atoms with Gasteiger partial charge in [0.15, 0.2) is 28.5 Å². The van der Waals surface area contributed by atoms with Crippen molar-refractivity contribution < 1.29 is 43.0 Å². The van der Waals surface area contributed by atoms with Crippen LogP contribution in [0, 0.1) is 22.2 Å². The maximum atomic E-state index is 14.5. The van der Waals surface area contributed by atoms with Crippen molar-refractivity contribution in [3.05, 3.63) is 80.8 Å². The summed E-state index contributed by atoms with van der Waals surface area (Å²) in [4.78, 5) is 95.5. The van der Waals surface area contributed by atoms with Crippen molar-refractivity contribution in [3.8, 4) is 0 Å². The van der Waals surface area contributed by atoms with E-state index in [1.54, 1.807) is 24.3 Å². The summed E-state index contributed by atoms with van der Waals surface area (Å²) in [7, 11) is 2.07. The second-order valence-corrected chi connectivity index (χ2v) is 11.0. The van der Waals surface area contributed by atoms with Crippen molar-refractivity contribution in [2.75, 3.05) is 14.2 Å². The fourth-order valence-corrected chi connectivity index (χ4v) is 7.66. The SMILES string of the molecule is COC(=O)[C@]1(CC2=C(Br)C(=O)c3ccccc3C2=O)C[C@]23C(=O)c4ccccc4C(=O)[C@H]2[C@]3(C(=O)OC)C1=O. The summed E-state index contributed by atoms with van der Waals surface area (Å²) in [5, 5.41) is 0. The summed E-state index contributed by atoms with van der Waals surface area (Å²) < 4.78 is 9.85. The van der Waals surface area contributed by atoms with Gasteiger partial charge in [0.25, 0.3) is 0 Å². The molecule has 6 rings (SSSR count). The molecule has 0 unspecified atom stereocenters. The Morgan fingerprint density at radius 3 is 1.95 bits per heavy atom. The number of hydrogen-bond donors (Lipinski definition) is 0. The first-order valence-corrected chi connectivity index (χ1v) is 12.8. The number of halogens is 1. The van der Waals surface area contributed by atoms with E-state index in [-0.39, 0.29) is 32.3 Å². The van der Waals surface area contributed by atoms with Crippen LogP contribution in [0.3, 0.4) is 0 Å². The molecule has 0 aromatic heterocycles. The van der Waals surface area contributed by atoms with Crippen LogP contribution in [0.15, 0.2) is 58.6 Å². The second-order valence-electron chi connectivity index (χ2n) is 10.2. The van der Waals surface area contributed by atoms with Gasteiger partial charge in [-0.2, -0.15) is 0 Å². The molecule has 0 amide bonds. The van der Waals surface area contributed by atoms with Gasteiger partial charge in [-0.15, -0.1) is 0 Å². The number of Topliss-reactive ketones (excluding diaryl/α,β-unsaturated/α-hetero) is 5. The molecule has 0 aliphatic heterocycles. The standard InChI is InChI=1S/C29H19BrO9/c1-38-25(36)27(11-17-18(30)20(32)14-8-4-3-7-13(14)19(17)31)12-28-22(29(28,24(27)35)26(37)39-2)21(33)15-9-5-6-10-16(15)23(28)34/h3-10,22H,11-12H2,1-2H3/t22-,27-,28-,29-/m1/s1. The quantitative estimate of drug-likeness (QED) is 0.388. The molecule has 9 nitrogen and oxygen atoms in total. The molecule has 39 heavy (non-hydrogen) atoms. The van der Waals surface area contributed by atoms with Crippen molar-refractivity contribution in [2.45, 2.75) is 12.8 Å². The Kier molecular flexibility index (Phi) is 5.17. The van der Waals surface area contributed by atoms with E-state index >= 15 is 0 Å². The van der Waals surface area contributed by atoms with Gasteiger partial charge in [0.05, 0.1) is 30.0 Å². The smallest absolute Gasteiger partial charge is 0.321 e. The van der Waals surface area contributed by atoms with Crippen LogP contribution in [0.25, 0.3) is 0 Å². The molecule has 0 saturated heterocycles. The average Bonchev–Trinajstić information content (AvgIpc) is 3.52. The molecular weight excluding hydrogens is 572 g/mol. The topological polar surface area (TPSA) is 138 Å². The van der Waals surface area contributed by atoms with E-state index < -0.39 is 75.9 Å². The largest absolute Gasteiger partial charge is 0.468 e. The van der Waals surface area contributed by atoms with Crippen LogP contribution >= 0.6 is 15.9 Å². The Morgan fingerprint density at radius 1 is 0.821 bits per heavy atom. The van der Waals surface area contributed by atoms with E-state index in [2.05, 4.69) is 15.9 Å². The predicted octanol–water partition coefficient (Wildman–Crippen LogP) is 3.09. The number of hydrogen-bond acceptors (Lipinski definition) is 9. The van der Waals surface area contributed by atoms with Crippen LogP contribution in [-0.2, 0) is 23.9 Å². The molecule has 2 aromatic carbocycles. The molecular formula is C29H19BrO9. The molecule has 4 aliphatic rings. The third-order valence-corrected chi connectivity index (χ3v) is 9.58. The lowest BCUT2D eigenvalue weighted by atomic mass is 9.67. The number of carbonyl (C=O) groups is 7. The van der Waals surface area contributed by atoms with Crippen molar-refractivity contribution in [1.29, 1.82) is 0 Å². The molecule has 196 valence electrons. The highest BCUT2D eigenvalue weighted by atomic mass is 79.9. The van der Waals surface area contributed by atoms with E-state index in [1.807, 2.05) is 0 Å². The lowest BCUT2D eigenvalue weighted by Crippen LogP contribution is -2.46. The van der Waals surface area contributed by atoms with Crippen molar-refractivity contribution in [3.63, 3.8) is 0 Å². The number of fused-ring (bicyclic) bond motifs is 3. The highest BCUT2D eigenvalue weighted by Crippen LogP contribution is 2.83. The first-order valence-electron chi connectivity index (χ1n) is 12.0. The molecule has 0 bridgehead atoms. The second kappa shape index (κ2) is 7.98. The fourth-order valence-electron chi connectivity index (χ4n) is 7.13. The number of ether oxygens (including phenoxy) is 2. The number of allylic oxidation sites excluding steroid dienone is 2. The lowest BCUT2D eigenvalue weighted by molar-refractivity contribution is -0.161. The third kappa shape index (κ3) is 2.67. The summed E-state index contributed by atoms with van der Waals surface area (Å²) in [5.74, 6) is -6.88. The molecule has 0 radical (unpaired) electrons. The number of ketones is 5. The highest BCUT2D eigenvalue weighted by Gasteiger charge is 2.98. The predicted molar refractivity (Wildman–Crippen MR) is 135 cm³/mol. The molecule has 1 spiro atoms. The Bertz CT molecular complexity index is 1650. The summed E-state index contributed by atoms with van der Waals surface area (Å²) >= 11 is 3.18. The first kappa shape index (κ1) is 25.2. The molecule has 10 heteroatoms. The maximum Gasteiger partial charge on any atom is 0.321 e. The van der Waals surface area contributed by atoms with E-state index in [0.29, 0.717) is 0 Å². The summed E-state index contributed by atoms with van der Waals surface area (Å²) in [5.41, 5.74) is -6.16. The Labute approximate surface area is 229 Å². The van der Waals surface area contributed by atoms with Crippen molar-refractivity contribution in [2.24, 2.45) is 22.2 Å². The van der Waals surface area contributed by atoms with Gasteiger partial charge in [-0.25, -0.2) is 0 Å². The molecule has 2 fully saturated rings. The first-order chi connectivity index (χ1) is 18.6. The van der Waals surface area contributed by atoms with Crippen molar-refractivity contribution in [1.82, 2.24) is 0 Å². The van der Waals surface area contributed by atoms with Gasteiger partial charge in [0.2, 0.25) is 5.78 Å². The minimum absolute atomic E-state index is 0.0382. The molecule has 0 N–H and O–H groups in total. The Balaban J connectivity index is 1.55. The van der Waals surface area contributed by atoms with Gasteiger partial charge in [-0.05, 0) is 22.4 Å². The lowest BCUT2D eigenvalue weighted by Gasteiger charge is -2.32. The van der Waals surface area contributed by atoms with Gasteiger partial charge in [-0.1, -0.05) is 48.5 Å². The van der Waals surface area contributed by atoms with Crippen LogP contribution < -0.4 is 0 Å². The number of esters is 2. The summed E-state index contributed by atoms with van der Waals surface area (Å²) in [6, 6.07) is 12.1. The number of methoxy groups -OCH3 is 2. The molecule has 2 aromatic rings. The highest BCUT2D eigenvalue weighted by molar-refractivity contribution is 9.12.